The Morgan fingerprint density at radius 3 is 2.75 bits per heavy atom. The zero-order valence-electron chi connectivity index (χ0n) is 9.31. The lowest BCUT2D eigenvalue weighted by Crippen LogP contribution is -2.16. The Labute approximate surface area is 93.7 Å². The molecule has 1 unspecified atom stereocenters. The molecule has 84 valence electrons. The molecule has 2 aromatic rings. The lowest BCUT2D eigenvalue weighted by molar-refractivity contribution is 0.615. The van der Waals surface area contributed by atoms with E-state index in [4.69, 9.17) is 5.73 Å². The van der Waals surface area contributed by atoms with Crippen molar-refractivity contribution in [1.29, 1.82) is 0 Å². The van der Waals surface area contributed by atoms with Crippen LogP contribution in [0.15, 0.2) is 30.6 Å². The van der Waals surface area contributed by atoms with Gasteiger partial charge in [0.15, 0.2) is 0 Å². The molecule has 0 amide bonds. The van der Waals surface area contributed by atoms with Crippen molar-refractivity contribution in [2.24, 2.45) is 12.8 Å². The third kappa shape index (κ3) is 1.84. The average Bonchev–Trinajstić information content (AvgIpc) is 2.67. The Bertz CT molecular complexity index is 505. The number of rotatable bonds is 2. The monoisotopic (exact) mass is 219 g/mol. The summed E-state index contributed by atoms with van der Waals surface area (Å²) in [6.07, 6.45) is 3.54. The SMILES string of the molecule is Cc1cc(C(N)c2nccn2C)ccc1F. The third-order valence-corrected chi connectivity index (χ3v) is 2.68. The lowest BCUT2D eigenvalue weighted by atomic mass is 10.0. The van der Waals surface area contributed by atoms with Gasteiger partial charge in [0.25, 0.3) is 0 Å². The molecule has 1 atom stereocenters. The topological polar surface area (TPSA) is 43.8 Å². The van der Waals surface area contributed by atoms with E-state index in [9.17, 15) is 4.39 Å². The molecule has 0 aliphatic rings. The summed E-state index contributed by atoms with van der Waals surface area (Å²) in [6, 6.07) is 4.57. The maximum Gasteiger partial charge on any atom is 0.129 e. The van der Waals surface area contributed by atoms with E-state index in [0.29, 0.717) is 5.56 Å². The second-order valence-electron chi connectivity index (χ2n) is 3.88. The van der Waals surface area contributed by atoms with E-state index in [2.05, 4.69) is 4.98 Å². The van der Waals surface area contributed by atoms with E-state index in [1.807, 2.05) is 17.8 Å². The highest BCUT2D eigenvalue weighted by atomic mass is 19.1. The Morgan fingerprint density at radius 2 is 2.19 bits per heavy atom. The van der Waals surface area contributed by atoms with Gasteiger partial charge < -0.3 is 10.3 Å². The van der Waals surface area contributed by atoms with Crippen molar-refractivity contribution in [3.8, 4) is 0 Å². The minimum Gasteiger partial charge on any atom is -0.336 e. The van der Waals surface area contributed by atoms with Gasteiger partial charge >= 0.3 is 0 Å². The minimum absolute atomic E-state index is 0.212. The van der Waals surface area contributed by atoms with Gasteiger partial charge in [-0.25, -0.2) is 9.37 Å². The molecule has 0 fully saturated rings. The first kappa shape index (κ1) is 10.8. The lowest BCUT2D eigenvalue weighted by Gasteiger charge is -2.12. The van der Waals surface area contributed by atoms with E-state index in [1.54, 1.807) is 25.3 Å². The first-order valence-electron chi connectivity index (χ1n) is 5.08. The number of halogens is 1. The van der Waals surface area contributed by atoms with Crippen LogP contribution in [0.3, 0.4) is 0 Å². The first-order chi connectivity index (χ1) is 7.59. The normalized spacial score (nSPS) is 12.8. The summed E-state index contributed by atoms with van der Waals surface area (Å²) in [5.41, 5.74) is 7.54. The number of imidazole rings is 1. The molecule has 0 saturated carbocycles. The van der Waals surface area contributed by atoms with Crippen molar-refractivity contribution >= 4 is 0 Å². The molecule has 3 nitrogen and oxygen atoms in total. The predicted molar refractivity (Wildman–Crippen MR) is 60.4 cm³/mol. The van der Waals surface area contributed by atoms with Crippen molar-refractivity contribution < 1.29 is 4.39 Å². The molecule has 2 N–H and O–H groups in total. The highest BCUT2D eigenvalue weighted by Gasteiger charge is 2.13. The molecular weight excluding hydrogens is 205 g/mol. The van der Waals surface area contributed by atoms with Crippen molar-refractivity contribution in [3.63, 3.8) is 0 Å². The van der Waals surface area contributed by atoms with Crippen LogP contribution in [0.25, 0.3) is 0 Å². The third-order valence-electron chi connectivity index (χ3n) is 2.68. The van der Waals surface area contributed by atoms with E-state index >= 15 is 0 Å². The maximum absolute atomic E-state index is 13.1. The van der Waals surface area contributed by atoms with Crippen LogP contribution in [0, 0.1) is 12.7 Å². The number of aromatic nitrogens is 2. The molecule has 1 aromatic carbocycles. The molecule has 0 spiro atoms. The fourth-order valence-electron chi connectivity index (χ4n) is 1.69. The Balaban J connectivity index is 2.38. The van der Waals surface area contributed by atoms with Crippen LogP contribution in [-0.2, 0) is 7.05 Å². The molecule has 16 heavy (non-hydrogen) atoms. The van der Waals surface area contributed by atoms with Crippen LogP contribution in [-0.4, -0.2) is 9.55 Å². The molecule has 1 aromatic heterocycles. The van der Waals surface area contributed by atoms with E-state index in [-0.39, 0.29) is 11.9 Å². The number of hydrogen-bond acceptors (Lipinski definition) is 2. The summed E-state index contributed by atoms with van der Waals surface area (Å²) in [5, 5.41) is 0. The second kappa shape index (κ2) is 4.06. The Morgan fingerprint density at radius 1 is 1.44 bits per heavy atom. The Kier molecular flexibility index (Phi) is 2.75. The van der Waals surface area contributed by atoms with Gasteiger partial charge in [0.2, 0.25) is 0 Å². The summed E-state index contributed by atoms with van der Waals surface area (Å²) in [6.45, 7) is 1.73. The molecular formula is C12H14FN3. The van der Waals surface area contributed by atoms with Gasteiger partial charge in [0.05, 0.1) is 6.04 Å². The second-order valence-corrected chi connectivity index (χ2v) is 3.88. The number of nitrogens with two attached hydrogens (primary N) is 1. The van der Waals surface area contributed by atoms with Crippen molar-refractivity contribution in [2.75, 3.05) is 0 Å². The van der Waals surface area contributed by atoms with Crippen LogP contribution in [0.5, 0.6) is 0 Å². The Hall–Kier alpha value is -1.68. The van der Waals surface area contributed by atoms with E-state index in [1.165, 1.54) is 6.07 Å². The first-order valence-corrected chi connectivity index (χ1v) is 5.08. The standard InChI is InChI=1S/C12H14FN3/c1-8-7-9(3-4-10(8)13)11(14)12-15-5-6-16(12)2/h3-7,11H,14H2,1-2H3. The summed E-state index contributed by atoms with van der Waals surface area (Å²) >= 11 is 0. The fourth-order valence-corrected chi connectivity index (χ4v) is 1.69. The van der Waals surface area contributed by atoms with Crippen LogP contribution in [0.2, 0.25) is 0 Å². The molecule has 0 aliphatic heterocycles. The summed E-state index contributed by atoms with van der Waals surface area (Å²) in [4.78, 5) is 4.19. The zero-order chi connectivity index (χ0) is 11.7. The quantitative estimate of drug-likeness (QED) is 0.838. The average molecular weight is 219 g/mol. The smallest absolute Gasteiger partial charge is 0.129 e. The summed E-state index contributed by atoms with van der Waals surface area (Å²) in [5.74, 6) is 0.557. The minimum atomic E-state index is -0.320. The van der Waals surface area contributed by atoms with Crippen LogP contribution < -0.4 is 5.73 Å². The van der Waals surface area contributed by atoms with Crippen molar-refractivity contribution in [3.05, 3.63) is 53.4 Å². The molecule has 2 rings (SSSR count). The van der Waals surface area contributed by atoms with Crippen molar-refractivity contribution in [1.82, 2.24) is 9.55 Å². The largest absolute Gasteiger partial charge is 0.336 e. The van der Waals surface area contributed by atoms with Gasteiger partial charge in [-0.2, -0.15) is 0 Å². The molecule has 0 aliphatic carbocycles. The zero-order valence-corrected chi connectivity index (χ0v) is 9.31. The van der Waals surface area contributed by atoms with Crippen molar-refractivity contribution in [2.45, 2.75) is 13.0 Å². The maximum atomic E-state index is 13.1. The number of aryl methyl sites for hydroxylation is 2. The van der Waals surface area contributed by atoms with Gasteiger partial charge in [-0.05, 0) is 24.1 Å². The molecule has 0 radical (unpaired) electrons. The van der Waals surface area contributed by atoms with E-state index in [0.717, 1.165) is 11.4 Å². The van der Waals surface area contributed by atoms with Crippen LogP contribution >= 0.6 is 0 Å². The summed E-state index contributed by atoms with van der Waals surface area (Å²) < 4.78 is 15.0. The number of nitrogens with zero attached hydrogens (tertiary/aromatic N) is 2. The fraction of sp³-hybridized carbons (Fsp3) is 0.250. The van der Waals surface area contributed by atoms with Gasteiger partial charge in [0.1, 0.15) is 11.6 Å². The molecule has 1 heterocycles. The molecule has 0 bridgehead atoms. The van der Waals surface area contributed by atoms with Gasteiger partial charge in [-0.1, -0.05) is 12.1 Å². The molecule has 4 heteroatoms. The highest BCUT2D eigenvalue weighted by Crippen LogP contribution is 2.19. The number of hydrogen-bond donors (Lipinski definition) is 1. The number of benzene rings is 1. The van der Waals surface area contributed by atoms with Crippen LogP contribution in [0.1, 0.15) is 23.0 Å². The van der Waals surface area contributed by atoms with Crippen LogP contribution in [0.4, 0.5) is 4.39 Å². The van der Waals surface area contributed by atoms with Gasteiger partial charge in [-0.15, -0.1) is 0 Å². The van der Waals surface area contributed by atoms with E-state index < -0.39 is 0 Å². The van der Waals surface area contributed by atoms with Gasteiger partial charge in [-0.3, -0.25) is 0 Å². The van der Waals surface area contributed by atoms with Gasteiger partial charge in [0, 0.05) is 19.4 Å². The highest BCUT2D eigenvalue weighted by molar-refractivity contribution is 5.29. The molecule has 0 saturated heterocycles. The predicted octanol–water partition coefficient (Wildman–Crippen LogP) is 1.92. The summed E-state index contributed by atoms with van der Waals surface area (Å²) in [7, 11) is 1.89.